The first-order chi connectivity index (χ1) is 7.58. The lowest BCUT2D eigenvalue weighted by Gasteiger charge is -2.26. The van der Waals surface area contributed by atoms with Gasteiger partial charge in [-0.15, -0.1) is 0 Å². The fourth-order valence-corrected chi connectivity index (χ4v) is 2.18. The number of carbonyl (C=O) groups is 1. The number of ether oxygens (including phenoxy) is 2. The first-order valence-electron chi connectivity index (χ1n) is 6.37. The number of hydrogen-bond acceptors (Lipinski definition) is 3. The summed E-state index contributed by atoms with van der Waals surface area (Å²) in [7, 11) is 0. The van der Waals surface area contributed by atoms with Gasteiger partial charge in [-0.2, -0.15) is 0 Å². The quantitative estimate of drug-likeness (QED) is 0.672. The Bertz CT molecular complexity index is 217. The van der Waals surface area contributed by atoms with Crippen molar-refractivity contribution in [3.05, 3.63) is 0 Å². The van der Waals surface area contributed by atoms with Crippen molar-refractivity contribution in [2.24, 2.45) is 5.92 Å². The third-order valence-corrected chi connectivity index (χ3v) is 2.87. The topological polar surface area (TPSA) is 35.5 Å². The van der Waals surface area contributed by atoms with E-state index in [0.717, 1.165) is 12.8 Å². The Labute approximate surface area is 98.5 Å². The Morgan fingerprint density at radius 2 is 1.88 bits per heavy atom. The average molecular weight is 228 g/mol. The second-order valence-corrected chi connectivity index (χ2v) is 4.99. The van der Waals surface area contributed by atoms with Crippen LogP contribution in [0, 0.1) is 5.92 Å². The third kappa shape index (κ3) is 4.22. The van der Waals surface area contributed by atoms with Crippen molar-refractivity contribution >= 4 is 5.78 Å². The minimum absolute atomic E-state index is 0.324. The minimum atomic E-state index is -0.457. The van der Waals surface area contributed by atoms with E-state index in [2.05, 4.69) is 20.8 Å². The van der Waals surface area contributed by atoms with Gasteiger partial charge in [-0.3, -0.25) is 4.79 Å². The van der Waals surface area contributed by atoms with Crippen LogP contribution in [0.1, 0.15) is 52.9 Å². The van der Waals surface area contributed by atoms with E-state index < -0.39 is 5.79 Å². The first kappa shape index (κ1) is 13.7. The van der Waals surface area contributed by atoms with E-state index in [4.69, 9.17) is 9.47 Å². The highest BCUT2D eigenvalue weighted by molar-refractivity contribution is 5.78. The number of ketones is 1. The van der Waals surface area contributed by atoms with E-state index in [0.29, 0.717) is 44.2 Å². The molecule has 3 heteroatoms. The molecule has 0 aromatic heterocycles. The smallest absolute Gasteiger partial charge is 0.168 e. The summed E-state index contributed by atoms with van der Waals surface area (Å²) < 4.78 is 11.3. The van der Waals surface area contributed by atoms with Crippen molar-refractivity contribution in [3.63, 3.8) is 0 Å². The summed E-state index contributed by atoms with van der Waals surface area (Å²) in [5.41, 5.74) is 0. The average Bonchev–Trinajstić information content (AvgIpc) is 2.64. The van der Waals surface area contributed by atoms with Crippen LogP contribution < -0.4 is 0 Å². The summed E-state index contributed by atoms with van der Waals surface area (Å²) in [6.07, 6.45) is 3.88. The zero-order valence-electron chi connectivity index (χ0n) is 10.8. The predicted octanol–water partition coefficient (Wildman–Crippen LogP) is 2.93. The molecule has 1 rings (SSSR count). The molecule has 1 aliphatic rings. The van der Waals surface area contributed by atoms with Crippen LogP contribution >= 0.6 is 0 Å². The van der Waals surface area contributed by atoms with Crippen LogP contribution in [-0.4, -0.2) is 24.8 Å². The summed E-state index contributed by atoms with van der Waals surface area (Å²) >= 11 is 0. The van der Waals surface area contributed by atoms with Crippen molar-refractivity contribution in [1.82, 2.24) is 0 Å². The van der Waals surface area contributed by atoms with Crippen molar-refractivity contribution in [2.75, 3.05) is 13.2 Å². The highest BCUT2D eigenvalue weighted by Crippen LogP contribution is 2.30. The molecule has 0 aromatic rings. The van der Waals surface area contributed by atoms with Gasteiger partial charge in [0.15, 0.2) is 5.79 Å². The molecule has 1 saturated heterocycles. The van der Waals surface area contributed by atoms with Gasteiger partial charge in [0.25, 0.3) is 0 Å². The van der Waals surface area contributed by atoms with E-state index in [1.54, 1.807) is 0 Å². The molecule has 0 atom stereocenters. The molecule has 0 bridgehead atoms. The summed E-state index contributed by atoms with van der Waals surface area (Å²) in [4.78, 5) is 11.6. The summed E-state index contributed by atoms with van der Waals surface area (Å²) in [5.74, 6) is 0.311. The molecule has 0 radical (unpaired) electrons. The predicted molar refractivity (Wildman–Crippen MR) is 63.2 cm³/mol. The Morgan fingerprint density at radius 3 is 2.38 bits per heavy atom. The number of Topliss-reactive ketones (excluding diaryl/α,β-unsaturated/α-hetero) is 1. The van der Waals surface area contributed by atoms with Crippen LogP contribution in [0.3, 0.4) is 0 Å². The zero-order chi connectivity index (χ0) is 12.0. The minimum Gasteiger partial charge on any atom is -0.348 e. The summed E-state index contributed by atoms with van der Waals surface area (Å²) in [6, 6.07) is 0. The van der Waals surface area contributed by atoms with Gasteiger partial charge in [0.1, 0.15) is 5.78 Å². The van der Waals surface area contributed by atoms with Crippen LogP contribution in [0.15, 0.2) is 0 Å². The molecule has 3 nitrogen and oxygen atoms in total. The maximum absolute atomic E-state index is 11.6. The van der Waals surface area contributed by atoms with Gasteiger partial charge in [0, 0.05) is 25.7 Å². The molecule has 1 aliphatic heterocycles. The van der Waals surface area contributed by atoms with E-state index in [1.165, 1.54) is 0 Å². The van der Waals surface area contributed by atoms with Gasteiger partial charge < -0.3 is 9.47 Å². The number of rotatable bonds is 7. The fraction of sp³-hybridized carbons (Fsp3) is 0.923. The molecule has 16 heavy (non-hydrogen) atoms. The lowest BCUT2D eigenvalue weighted by atomic mass is 9.99. The molecule has 0 spiro atoms. The monoisotopic (exact) mass is 228 g/mol. The van der Waals surface area contributed by atoms with Gasteiger partial charge in [0.2, 0.25) is 0 Å². The zero-order valence-corrected chi connectivity index (χ0v) is 10.8. The molecule has 0 amide bonds. The summed E-state index contributed by atoms with van der Waals surface area (Å²) in [6.45, 7) is 7.59. The molecular formula is C13H24O3. The van der Waals surface area contributed by atoms with Crippen molar-refractivity contribution in [3.8, 4) is 0 Å². The maximum Gasteiger partial charge on any atom is 0.168 e. The molecule has 0 unspecified atom stereocenters. The van der Waals surface area contributed by atoms with Crippen LogP contribution in [0.4, 0.5) is 0 Å². The molecule has 0 N–H and O–H groups in total. The highest BCUT2D eigenvalue weighted by atomic mass is 16.7. The number of hydrogen-bond donors (Lipinski definition) is 0. The van der Waals surface area contributed by atoms with Gasteiger partial charge in [-0.05, 0) is 5.92 Å². The van der Waals surface area contributed by atoms with E-state index in [-0.39, 0.29) is 0 Å². The van der Waals surface area contributed by atoms with Crippen LogP contribution in [0.5, 0.6) is 0 Å². The second-order valence-electron chi connectivity index (χ2n) is 4.99. The fourth-order valence-electron chi connectivity index (χ4n) is 2.18. The summed E-state index contributed by atoms with van der Waals surface area (Å²) in [5, 5.41) is 0. The van der Waals surface area contributed by atoms with E-state index in [9.17, 15) is 4.79 Å². The molecule has 1 fully saturated rings. The van der Waals surface area contributed by atoms with Gasteiger partial charge in [-0.1, -0.05) is 27.2 Å². The third-order valence-electron chi connectivity index (χ3n) is 2.87. The van der Waals surface area contributed by atoms with Crippen molar-refractivity contribution in [2.45, 2.75) is 58.7 Å². The van der Waals surface area contributed by atoms with Crippen LogP contribution in [0.2, 0.25) is 0 Å². The molecule has 0 aromatic carbocycles. The van der Waals surface area contributed by atoms with Crippen molar-refractivity contribution < 1.29 is 14.3 Å². The Balaban J connectivity index is 2.35. The van der Waals surface area contributed by atoms with Gasteiger partial charge >= 0.3 is 0 Å². The number of carbonyl (C=O) groups excluding carboxylic acids is 1. The van der Waals surface area contributed by atoms with E-state index in [1.807, 2.05) is 0 Å². The van der Waals surface area contributed by atoms with Crippen LogP contribution in [-0.2, 0) is 14.3 Å². The van der Waals surface area contributed by atoms with Crippen molar-refractivity contribution in [1.29, 1.82) is 0 Å². The standard InChI is InChI=1S/C13H24O3/c1-4-6-13(15-8-9-16-13)7-5-12(14)10-11(2)3/h11H,4-10H2,1-3H3. The highest BCUT2D eigenvalue weighted by Gasteiger charge is 2.35. The molecule has 94 valence electrons. The lowest BCUT2D eigenvalue weighted by Crippen LogP contribution is -2.30. The SMILES string of the molecule is CCCC1(CCC(=O)CC(C)C)OCCO1. The van der Waals surface area contributed by atoms with Crippen LogP contribution in [0.25, 0.3) is 0 Å². The molecular weight excluding hydrogens is 204 g/mol. The lowest BCUT2D eigenvalue weighted by molar-refractivity contribution is -0.169. The normalized spacial score (nSPS) is 19.2. The molecule has 1 heterocycles. The second kappa shape index (κ2) is 6.36. The molecule has 0 aliphatic carbocycles. The maximum atomic E-state index is 11.6. The largest absolute Gasteiger partial charge is 0.348 e. The molecule has 0 saturated carbocycles. The van der Waals surface area contributed by atoms with E-state index >= 15 is 0 Å². The Morgan fingerprint density at radius 1 is 1.25 bits per heavy atom. The first-order valence-corrected chi connectivity index (χ1v) is 6.37. The van der Waals surface area contributed by atoms with Gasteiger partial charge in [0.05, 0.1) is 13.2 Å². The Kier molecular flexibility index (Phi) is 5.42. The Hall–Kier alpha value is -0.410. The van der Waals surface area contributed by atoms with Gasteiger partial charge in [-0.25, -0.2) is 0 Å².